The zero-order chi connectivity index (χ0) is 13.8. The Morgan fingerprint density at radius 1 is 1.32 bits per heavy atom. The van der Waals surface area contributed by atoms with Gasteiger partial charge in [-0.3, -0.25) is 0 Å². The summed E-state index contributed by atoms with van der Waals surface area (Å²) in [6.07, 6.45) is 0.930. The number of ether oxygens (including phenoxy) is 1. The van der Waals surface area contributed by atoms with Gasteiger partial charge in [0.15, 0.2) is 0 Å². The summed E-state index contributed by atoms with van der Waals surface area (Å²) in [6.45, 7) is 4.73. The Balaban J connectivity index is 2.06. The summed E-state index contributed by atoms with van der Waals surface area (Å²) >= 11 is 6.72. The van der Waals surface area contributed by atoms with Crippen molar-refractivity contribution >= 4 is 28.5 Å². The Morgan fingerprint density at radius 2 is 2.00 bits per heavy atom. The molecule has 0 amide bonds. The molecular formula is C15H17NOS2. The molecule has 0 spiro atoms. The Labute approximate surface area is 123 Å². The molecule has 0 aliphatic carbocycles. The molecule has 2 N–H and O–H groups in total. The minimum Gasteiger partial charge on any atom is -0.493 e. The van der Waals surface area contributed by atoms with E-state index in [1.165, 1.54) is 5.56 Å². The fraction of sp³-hybridized carbons (Fsp3) is 0.267. The molecule has 0 aliphatic heterocycles. The molecule has 19 heavy (non-hydrogen) atoms. The van der Waals surface area contributed by atoms with E-state index in [4.69, 9.17) is 22.7 Å². The molecule has 0 saturated heterocycles. The maximum absolute atomic E-state index is 5.90. The molecule has 2 rings (SSSR count). The zero-order valence-corrected chi connectivity index (χ0v) is 12.7. The summed E-state index contributed by atoms with van der Waals surface area (Å²) in [6, 6.07) is 6.09. The second-order valence-corrected chi connectivity index (χ2v) is 5.75. The molecule has 0 bridgehead atoms. The smallest absolute Gasteiger partial charge is 0.125 e. The third-order valence-corrected chi connectivity index (χ3v) is 3.93. The zero-order valence-electron chi connectivity index (χ0n) is 11.1. The van der Waals surface area contributed by atoms with E-state index >= 15 is 0 Å². The lowest BCUT2D eigenvalue weighted by molar-refractivity contribution is 0.318. The molecule has 0 radical (unpaired) electrons. The van der Waals surface area contributed by atoms with Crippen molar-refractivity contribution in [3.63, 3.8) is 0 Å². The number of nitrogens with two attached hydrogens (primary N) is 1. The van der Waals surface area contributed by atoms with Crippen LogP contribution in [0.2, 0.25) is 0 Å². The van der Waals surface area contributed by atoms with Gasteiger partial charge in [-0.2, -0.15) is 11.3 Å². The summed E-state index contributed by atoms with van der Waals surface area (Å²) in [4.78, 5) is 0.427. The highest BCUT2D eigenvalue weighted by molar-refractivity contribution is 7.80. The van der Waals surface area contributed by atoms with Crippen LogP contribution in [0, 0.1) is 13.8 Å². The summed E-state index contributed by atoms with van der Waals surface area (Å²) in [5.41, 5.74) is 10.0. The number of rotatable bonds is 5. The van der Waals surface area contributed by atoms with Crippen molar-refractivity contribution in [3.8, 4) is 5.75 Å². The first-order valence-corrected chi connectivity index (χ1v) is 7.48. The van der Waals surface area contributed by atoms with Gasteiger partial charge in [0.1, 0.15) is 10.7 Å². The lowest BCUT2D eigenvalue weighted by atomic mass is 10.1. The van der Waals surface area contributed by atoms with Gasteiger partial charge >= 0.3 is 0 Å². The number of thiophene rings is 1. The molecule has 2 nitrogen and oxygen atoms in total. The Kier molecular flexibility index (Phi) is 4.56. The number of hydrogen-bond acceptors (Lipinski definition) is 3. The van der Waals surface area contributed by atoms with Gasteiger partial charge in [-0.05, 0) is 59.5 Å². The highest BCUT2D eigenvalue weighted by atomic mass is 32.1. The van der Waals surface area contributed by atoms with E-state index in [2.05, 4.69) is 16.8 Å². The minimum absolute atomic E-state index is 0.427. The standard InChI is InChI=1S/C15H17NOS2/c1-10-7-13(15(16)18)8-11(2)14(10)17-5-3-12-4-6-19-9-12/h4,6-9H,3,5H2,1-2H3,(H2,16,18). The second-order valence-electron chi connectivity index (χ2n) is 4.53. The van der Waals surface area contributed by atoms with Crippen molar-refractivity contribution < 1.29 is 4.74 Å². The quantitative estimate of drug-likeness (QED) is 0.855. The summed E-state index contributed by atoms with van der Waals surface area (Å²) in [7, 11) is 0. The fourth-order valence-corrected chi connectivity index (χ4v) is 2.85. The third kappa shape index (κ3) is 3.55. The van der Waals surface area contributed by atoms with E-state index in [9.17, 15) is 0 Å². The van der Waals surface area contributed by atoms with Gasteiger partial charge in [0.05, 0.1) is 6.61 Å². The first-order valence-electron chi connectivity index (χ1n) is 6.13. The first kappa shape index (κ1) is 14.0. The van der Waals surface area contributed by atoms with Crippen LogP contribution in [0.3, 0.4) is 0 Å². The monoisotopic (exact) mass is 291 g/mol. The first-order chi connectivity index (χ1) is 9.08. The minimum atomic E-state index is 0.427. The molecule has 2 aromatic rings. The van der Waals surface area contributed by atoms with Crippen molar-refractivity contribution in [2.24, 2.45) is 5.73 Å². The van der Waals surface area contributed by atoms with Crippen LogP contribution < -0.4 is 10.5 Å². The van der Waals surface area contributed by atoms with Crippen molar-refractivity contribution in [1.29, 1.82) is 0 Å². The normalized spacial score (nSPS) is 10.4. The van der Waals surface area contributed by atoms with Crippen LogP contribution in [0.5, 0.6) is 5.75 Å². The molecule has 4 heteroatoms. The average Bonchev–Trinajstić information content (AvgIpc) is 2.85. The van der Waals surface area contributed by atoms with E-state index in [1.807, 2.05) is 26.0 Å². The van der Waals surface area contributed by atoms with Crippen molar-refractivity contribution in [2.75, 3.05) is 6.61 Å². The van der Waals surface area contributed by atoms with Gasteiger partial charge in [0.2, 0.25) is 0 Å². The van der Waals surface area contributed by atoms with Gasteiger partial charge in [-0.1, -0.05) is 12.2 Å². The maximum atomic E-state index is 5.90. The van der Waals surface area contributed by atoms with Crippen molar-refractivity contribution in [1.82, 2.24) is 0 Å². The number of aryl methyl sites for hydroxylation is 2. The molecule has 1 aromatic carbocycles. The average molecular weight is 291 g/mol. The van der Waals surface area contributed by atoms with Crippen LogP contribution in [0.25, 0.3) is 0 Å². The Hall–Kier alpha value is -1.39. The van der Waals surface area contributed by atoms with Crippen LogP contribution in [0.1, 0.15) is 22.3 Å². The second kappa shape index (κ2) is 6.17. The van der Waals surface area contributed by atoms with Crippen molar-refractivity contribution in [3.05, 3.63) is 51.2 Å². The fourth-order valence-electron chi connectivity index (χ4n) is 2.03. The van der Waals surface area contributed by atoms with Gasteiger partial charge < -0.3 is 10.5 Å². The highest BCUT2D eigenvalue weighted by Crippen LogP contribution is 2.25. The lowest BCUT2D eigenvalue weighted by Gasteiger charge is -2.13. The third-order valence-electron chi connectivity index (χ3n) is 2.96. The SMILES string of the molecule is Cc1cc(C(N)=S)cc(C)c1OCCc1ccsc1. The number of hydrogen-bond donors (Lipinski definition) is 1. The highest BCUT2D eigenvalue weighted by Gasteiger charge is 2.08. The Bertz CT molecular complexity index is 553. The summed E-state index contributed by atoms with van der Waals surface area (Å²) < 4.78 is 5.90. The molecule has 0 unspecified atom stereocenters. The van der Waals surface area contributed by atoms with Gasteiger partial charge in [-0.25, -0.2) is 0 Å². The summed E-state index contributed by atoms with van der Waals surface area (Å²) in [5, 5.41) is 4.24. The summed E-state index contributed by atoms with van der Waals surface area (Å²) in [5.74, 6) is 0.940. The molecular weight excluding hydrogens is 274 g/mol. The van der Waals surface area contributed by atoms with Crippen LogP contribution >= 0.6 is 23.6 Å². The van der Waals surface area contributed by atoms with E-state index in [-0.39, 0.29) is 0 Å². The lowest BCUT2D eigenvalue weighted by Crippen LogP contribution is -2.11. The molecule has 1 heterocycles. The van der Waals surface area contributed by atoms with E-state index in [1.54, 1.807) is 11.3 Å². The number of thiocarbonyl (C=S) groups is 1. The maximum Gasteiger partial charge on any atom is 0.125 e. The molecule has 1 aromatic heterocycles. The Morgan fingerprint density at radius 3 is 2.53 bits per heavy atom. The molecule has 0 saturated carbocycles. The van der Waals surface area contributed by atoms with Crippen LogP contribution in [0.4, 0.5) is 0 Å². The molecule has 0 fully saturated rings. The number of benzene rings is 1. The van der Waals surface area contributed by atoms with Crippen LogP contribution in [-0.2, 0) is 6.42 Å². The van der Waals surface area contributed by atoms with E-state index in [0.717, 1.165) is 28.9 Å². The van der Waals surface area contributed by atoms with Crippen molar-refractivity contribution in [2.45, 2.75) is 20.3 Å². The predicted molar refractivity (Wildman–Crippen MR) is 85.3 cm³/mol. The van der Waals surface area contributed by atoms with Crippen LogP contribution in [0.15, 0.2) is 29.0 Å². The van der Waals surface area contributed by atoms with Gasteiger partial charge in [0.25, 0.3) is 0 Å². The van der Waals surface area contributed by atoms with E-state index < -0.39 is 0 Å². The topological polar surface area (TPSA) is 35.2 Å². The molecule has 0 aliphatic rings. The van der Waals surface area contributed by atoms with Crippen LogP contribution in [-0.4, -0.2) is 11.6 Å². The molecule has 0 atom stereocenters. The molecule has 100 valence electrons. The van der Waals surface area contributed by atoms with E-state index in [0.29, 0.717) is 11.6 Å². The largest absolute Gasteiger partial charge is 0.493 e. The predicted octanol–water partition coefficient (Wildman–Crippen LogP) is 3.62. The van der Waals surface area contributed by atoms with Gasteiger partial charge in [0, 0.05) is 12.0 Å². The van der Waals surface area contributed by atoms with Gasteiger partial charge in [-0.15, -0.1) is 0 Å².